The molecule has 0 saturated carbocycles. The first-order valence-electron chi connectivity index (χ1n) is 9.60. The van der Waals surface area contributed by atoms with E-state index in [1.807, 2.05) is 49.4 Å². The second-order valence-electron chi connectivity index (χ2n) is 7.06. The van der Waals surface area contributed by atoms with Gasteiger partial charge < -0.3 is 5.32 Å². The highest BCUT2D eigenvalue weighted by Crippen LogP contribution is 2.29. The van der Waals surface area contributed by atoms with E-state index in [0.717, 1.165) is 11.3 Å². The van der Waals surface area contributed by atoms with E-state index in [9.17, 15) is 9.59 Å². The summed E-state index contributed by atoms with van der Waals surface area (Å²) in [6, 6.07) is 15.1. The summed E-state index contributed by atoms with van der Waals surface area (Å²) in [4.78, 5) is 30.6. The van der Waals surface area contributed by atoms with Crippen molar-refractivity contribution in [3.8, 4) is 5.69 Å². The van der Waals surface area contributed by atoms with E-state index >= 15 is 0 Å². The summed E-state index contributed by atoms with van der Waals surface area (Å²) in [5.74, 6) is 0.108. The summed E-state index contributed by atoms with van der Waals surface area (Å²) in [5.41, 5.74) is 2.34. The van der Waals surface area contributed by atoms with Gasteiger partial charge in [0.2, 0.25) is 5.91 Å². The first kappa shape index (κ1) is 20.9. The van der Waals surface area contributed by atoms with Gasteiger partial charge in [0.25, 0.3) is 5.56 Å². The average Bonchev–Trinajstić information content (AvgIpc) is 2.72. The number of amides is 1. The Bertz CT molecular complexity index is 1100. The Morgan fingerprint density at radius 1 is 1.17 bits per heavy atom. The maximum atomic E-state index is 13.4. The van der Waals surface area contributed by atoms with Crippen molar-refractivity contribution in [3.05, 3.63) is 77.1 Å². The summed E-state index contributed by atoms with van der Waals surface area (Å²) >= 11 is 1.28. The zero-order valence-corrected chi connectivity index (χ0v) is 17.7. The van der Waals surface area contributed by atoms with Crippen LogP contribution < -0.4 is 10.9 Å². The number of para-hydroxylation sites is 2. The third-order valence-electron chi connectivity index (χ3n) is 4.62. The molecule has 0 bridgehead atoms. The Balaban J connectivity index is 2.19. The molecule has 0 saturated heterocycles. The van der Waals surface area contributed by atoms with E-state index in [-0.39, 0.29) is 17.4 Å². The summed E-state index contributed by atoms with van der Waals surface area (Å²) in [6.45, 7) is 10.0. The maximum Gasteiger partial charge on any atom is 0.266 e. The minimum Gasteiger partial charge on any atom is -0.352 e. The smallest absolute Gasteiger partial charge is 0.266 e. The number of nitrogens with zero attached hydrogens (tertiary/aromatic N) is 2. The van der Waals surface area contributed by atoms with Gasteiger partial charge in [-0.25, -0.2) is 4.98 Å². The minimum absolute atomic E-state index is 0.124. The van der Waals surface area contributed by atoms with Crippen molar-refractivity contribution in [1.29, 1.82) is 0 Å². The van der Waals surface area contributed by atoms with E-state index in [0.29, 0.717) is 22.6 Å². The van der Waals surface area contributed by atoms with Crippen LogP contribution >= 0.6 is 11.8 Å². The zero-order chi connectivity index (χ0) is 21.0. The lowest BCUT2D eigenvalue weighted by atomic mass is 10.0. The van der Waals surface area contributed by atoms with Crippen molar-refractivity contribution in [2.45, 2.75) is 37.1 Å². The summed E-state index contributed by atoms with van der Waals surface area (Å²) in [5, 5.41) is 3.44. The van der Waals surface area contributed by atoms with E-state index in [2.05, 4.69) is 25.7 Å². The summed E-state index contributed by atoms with van der Waals surface area (Å²) < 4.78 is 1.64. The molecule has 150 valence electrons. The van der Waals surface area contributed by atoms with Gasteiger partial charge in [-0.3, -0.25) is 14.2 Å². The monoisotopic (exact) mass is 407 g/mol. The van der Waals surface area contributed by atoms with E-state index in [1.54, 1.807) is 16.7 Å². The van der Waals surface area contributed by atoms with Crippen LogP contribution in [-0.4, -0.2) is 27.3 Å². The molecule has 1 atom stereocenters. The number of aromatic nitrogens is 2. The Labute approximate surface area is 174 Å². The molecule has 2 aromatic carbocycles. The molecule has 1 N–H and O–H groups in total. The lowest BCUT2D eigenvalue weighted by Gasteiger charge is -2.19. The largest absolute Gasteiger partial charge is 0.352 e. The fourth-order valence-electron chi connectivity index (χ4n) is 3.11. The molecule has 6 heteroatoms. The van der Waals surface area contributed by atoms with Gasteiger partial charge in [-0.2, -0.15) is 0 Å². The van der Waals surface area contributed by atoms with Gasteiger partial charge in [0.05, 0.1) is 21.8 Å². The molecule has 0 spiro atoms. The average molecular weight is 408 g/mol. The Morgan fingerprint density at radius 2 is 1.86 bits per heavy atom. The molecule has 1 heterocycles. The number of hydrogen-bond donors (Lipinski definition) is 1. The first-order chi connectivity index (χ1) is 13.9. The molecule has 29 heavy (non-hydrogen) atoms. The fraction of sp³-hybridized carbons (Fsp3) is 0.261. The van der Waals surface area contributed by atoms with Crippen molar-refractivity contribution in [2.24, 2.45) is 0 Å². The number of benzene rings is 2. The predicted octanol–water partition coefficient (Wildman–Crippen LogP) is 4.29. The van der Waals surface area contributed by atoms with Crippen LogP contribution in [0.25, 0.3) is 16.6 Å². The molecular weight excluding hydrogens is 382 g/mol. The fourth-order valence-corrected chi connectivity index (χ4v) is 4.06. The van der Waals surface area contributed by atoms with Gasteiger partial charge in [0.1, 0.15) is 0 Å². The zero-order valence-electron chi connectivity index (χ0n) is 16.9. The highest BCUT2D eigenvalue weighted by molar-refractivity contribution is 8.00. The van der Waals surface area contributed by atoms with Gasteiger partial charge in [-0.05, 0) is 36.6 Å². The lowest BCUT2D eigenvalue weighted by Crippen LogP contribution is -2.32. The normalized spacial score (nSPS) is 12.1. The lowest BCUT2D eigenvalue weighted by molar-refractivity contribution is -0.120. The van der Waals surface area contributed by atoms with E-state index < -0.39 is 5.25 Å². The van der Waals surface area contributed by atoms with Gasteiger partial charge in [0.15, 0.2) is 5.16 Å². The predicted molar refractivity (Wildman–Crippen MR) is 120 cm³/mol. The van der Waals surface area contributed by atoms with Crippen LogP contribution in [0.15, 0.2) is 71.1 Å². The number of carbonyl (C=O) groups excluding carboxylic acids is 1. The number of hydrogen-bond acceptors (Lipinski definition) is 4. The molecule has 0 aliphatic carbocycles. The molecule has 5 nitrogen and oxygen atoms in total. The van der Waals surface area contributed by atoms with Crippen LogP contribution in [0.2, 0.25) is 0 Å². The minimum atomic E-state index is -0.416. The molecule has 0 fully saturated rings. The van der Waals surface area contributed by atoms with Crippen LogP contribution in [0, 0.1) is 0 Å². The number of rotatable bonds is 7. The van der Waals surface area contributed by atoms with Gasteiger partial charge in [-0.15, -0.1) is 6.58 Å². The van der Waals surface area contributed by atoms with Crippen LogP contribution in [0.4, 0.5) is 0 Å². The standard InChI is InChI=1S/C23H25N3O2S/c1-5-14-24-21(27)16(4)29-23-25-19-12-8-6-11-18(19)22(28)26(23)20-13-9-7-10-17(20)15(2)3/h5-13,15-16H,1,14H2,2-4H3,(H,24,27). The third kappa shape index (κ3) is 4.43. The highest BCUT2D eigenvalue weighted by atomic mass is 32.2. The van der Waals surface area contributed by atoms with Gasteiger partial charge >= 0.3 is 0 Å². The van der Waals surface area contributed by atoms with Crippen LogP contribution in [0.3, 0.4) is 0 Å². The summed E-state index contributed by atoms with van der Waals surface area (Å²) in [7, 11) is 0. The summed E-state index contributed by atoms with van der Waals surface area (Å²) in [6.07, 6.45) is 1.64. The van der Waals surface area contributed by atoms with Crippen LogP contribution in [0.1, 0.15) is 32.3 Å². The molecule has 1 amide bonds. The van der Waals surface area contributed by atoms with Crippen molar-refractivity contribution >= 4 is 28.6 Å². The van der Waals surface area contributed by atoms with Crippen LogP contribution in [0.5, 0.6) is 0 Å². The SMILES string of the molecule is C=CCNC(=O)C(C)Sc1nc2ccccc2c(=O)n1-c1ccccc1C(C)C. The maximum absolute atomic E-state index is 13.4. The molecule has 3 aromatic rings. The van der Waals surface area contributed by atoms with E-state index in [1.165, 1.54) is 11.8 Å². The van der Waals surface area contributed by atoms with Crippen molar-refractivity contribution < 1.29 is 4.79 Å². The topological polar surface area (TPSA) is 64.0 Å². The number of fused-ring (bicyclic) bond motifs is 1. The molecule has 0 radical (unpaired) electrons. The Morgan fingerprint density at radius 3 is 2.59 bits per heavy atom. The Kier molecular flexibility index (Phi) is 6.54. The van der Waals surface area contributed by atoms with Crippen molar-refractivity contribution in [2.75, 3.05) is 6.54 Å². The van der Waals surface area contributed by atoms with Crippen molar-refractivity contribution in [1.82, 2.24) is 14.9 Å². The molecule has 3 rings (SSSR count). The quantitative estimate of drug-likeness (QED) is 0.360. The number of carbonyl (C=O) groups is 1. The molecule has 1 unspecified atom stereocenters. The van der Waals surface area contributed by atoms with Crippen molar-refractivity contribution in [3.63, 3.8) is 0 Å². The molecule has 0 aliphatic heterocycles. The van der Waals surface area contributed by atoms with Crippen LogP contribution in [-0.2, 0) is 4.79 Å². The number of thioether (sulfide) groups is 1. The molecule has 1 aromatic heterocycles. The van der Waals surface area contributed by atoms with Gasteiger partial charge in [-0.1, -0.05) is 62.0 Å². The third-order valence-corrected chi connectivity index (χ3v) is 5.67. The molecule has 0 aliphatic rings. The molecular formula is C23H25N3O2S. The second-order valence-corrected chi connectivity index (χ2v) is 8.37. The highest BCUT2D eigenvalue weighted by Gasteiger charge is 2.21. The first-order valence-corrected chi connectivity index (χ1v) is 10.5. The number of nitrogens with one attached hydrogen (secondary N) is 1. The van der Waals surface area contributed by atoms with Gasteiger partial charge in [0, 0.05) is 6.54 Å². The second kappa shape index (κ2) is 9.09. The van der Waals surface area contributed by atoms with E-state index in [4.69, 9.17) is 4.98 Å². The Hall–Kier alpha value is -2.86.